The van der Waals surface area contributed by atoms with Gasteiger partial charge >= 0.3 is 0 Å². The molecule has 1 N–H and O–H groups in total. The van der Waals surface area contributed by atoms with Crippen LogP contribution in [-0.2, 0) is 10.0 Å². The van der Waals surface area contributed by atoms with E-state index >= 15 is 0 Å². The molecule has 1 aliphatic carbocycles. The lowest BCUT2D eigenvalue weighted by Crippen LogP contribution is -2.41. The zero-order chi connectivity index (χ0) is 17.2. The average molecular weight is 347 g/mol. The number of rotatable bonds is 5. The number of hydrogen-bond donors (Lipinski definition) is 1. The Morgan fingerprint density at radius 2 is 1.79 bits per heavy atom. The smallest absolute Gasteiger partial charge is 0.241 e. The molecule has 0 bridgehead atoms. The van der Waals surface area contributed by atoms with Crippen LogP contribution in [0.3, 0.4) is 0 Å². The molecule has 130 valence electrons. The summed E-state index contributed by atoms with van der Waals surface area (Å²) in [5, 5.41) is 1.54. The highest BCUT2D eigenvalue weighted by molar-refractivity contribution is 7.89. The van der Waals surface area contributed by atoms with E-state index in [2.05, 4.69) is 11.6 Å². The molecule has 0 amide bonds. The predicted octanol–water partition coefficient (Wildman–Crippen LogP) is 4.10. The molecule has 3 rings (SSSR count). The fourth-order valence-corrected chi connectivity index (χ4v) is 5.10. The zero-order valence-electron chi connectivity index (χ0n) is 14.3. The van der Waals surface area contributed by atoms with Gasteiger partial charge < -0.3 is 4.74 Å². The maximum absolute atomic E-state index is 13.0. The highest BCUT2D eigenvalue weighted by Gasteiger charge is 2.28. The van der Waals surface area contributed by atoms with Crippen molar-refractivity contribution in [2.24, 2.45) is 5.92 Å². The van der Waals surface area contributed by atoms with Gasteiger partial charge in [0.2, 0.25) is 10.0 Å². The van der Waals surface area contributed by atoms with Crippen molar-refractivity contribution in [3.63, 3.8) is 0 Å². The summed E-state index contributed by atoms with van der Waals surface area (Å²) in [5.41, 5.74) is 0. The second-order valence-corrected chi connectivity index (χ2v) is 8.21. The molecule has 1 aliphatic rings. The van der Waals surface area contributed by atoms with Crippen molar-refractivity contribution in [2.75, 3.05) is 6.61 Å². The monoisotopic (exact) mass is 347 g/mol. The molecule has 0 radical (unpaired) electrons. The lowest BCUT2D eigenvalue weighted by Gasteiger charge is -2.29. The summed E-state index contributed by atoms with van der Waals surface area (Å²) in [6, 6.07) is 10.9. The van der Waals surface area contributed by atoms with Crippen LogP contribution >= 0.6 is 0 Å². The molecule has 2 aromatic rings. The van der Waals surface area contributed by atoms with Crippen LogP contribution in [0, 0.1) is 5.92 Å². The fraction of sp³-hybridized carbons (Fsp3) is 0.474. The van der Waals surface area contributed by atoms with Gasteiger partial charge in [-0.1, -0.05) is 44.0 Å². The second kappa shape index (κ2) is 7.11. The van der Waals surface area contributed by atoms with Gasteiger partial charge in [-0.2, -0.15) is 0 Å². The van der Waals surface area contributed by atoms with Crippen LogP contribution in [0.25, 0.3) is 10.8 Å². The van der Waals surface area contributed by atoms with E-state index in [0.717, 1.165) is 30.4 Å². The third-order valence-electron chi connectivity index (χ3n) is 4.85. The van der Waals surface area contributed by atoms with Crippen molar-refractivity contribution >= 4 is 20.8 Å². The molecule has 2 aromatic carbocycles. The molecule has 0 aliphatic heterocycles. The number of ether oxygens (including phenoxy) is 1. The van der Waals surface area contributed by atoms with Crippen LogP contribution in [-0.4, -0.2) is 21.1 Å². The van der Waals surface area contributed by atoms with E-state index in [1.807, 2.05) is 31.2 Å². The topological polar surface area (TPSA) is 55.4 Å². The van der Waals surface area contributed by atoms with Gasteiger partial charge in [-0.3, -0.25) is 0 Å². The summed E-state index contributed by atoms with van der Waals surface area (Å²) in [6.45, 7) is 4.60. The minimum atomic E-state index is -3.56. The second-order valence-electron chi connectivity index (χ2n) is 6.53. The van der Waals surface area contributed by atoms with Crippen molar-refractivity contribution in [1.82, 2.24) is 4.72 Å². The quantitative estimate of drug-likeness (QED) is 0.886. The maximum Gasteiger partial charge on any atom is 0.241 e. The summed E-state index contributed by atoms with van der Waals surface area (Å²) in [5.74, 6) is 1.10. The Bertz CT molecular complexity index is 816. The van der Waals surface area contributed by atoms with Gasteiger partial charge in [0.1, 0.15) is 5.75 Å². The fourth-order valence-electron chi connectivity index (χ4n) is 3.51. The van der Waals surface area contributed by atoms with Gasteiger partial charge in [0.15, 0.2) is 0 Å². The molecule has 0 aromatic heterocycles. The van der Waals surface area contributed by atoms with Crippen molar-refractivity contribution < 1.29 is 13.2 Å². The van der Waals surface area contributed by atoms with E-state index in [4.69, 9.17) is 4.74 Å². The summed E-state index contributed by atoms with van der Waals surface area (Å²) < 4.78 is 34.5. The minimum Gasteiger partial charge on any atom is -0.493 e. The number of hydrogen-bond acceptors (Lipinski definition) is 3. The molecule has 24 heavy (non-hydrogen) atoms. The number of benzene rings is 2. The molecular weight excluding hydrogens is 322 g/mol. The molecule has 0 spiro atoms. The van der Waals surface area contributed by atoms with Crippen LogP contribution in [0.1, 0.15) is 39.5 Å². The van der Waals surface area contributed by atoms with Crippen molar-refractivity contribution in [3.8, 4) is 5.75 Å². The van der Waals surface area contributed by atoms with Crippen LogP contribution < -0.4 is 9.46 Å². The van der Waals surface area contributed by atoms with Crippen LogP contribution in [0.4, 0.5) is 0 Å². The third-order valence-corrected chi connectivity index (χ3v) is 6.40. The largest absolute Gasteiger partial charge is 0.493 e. The van der Waals surface area contributed by atoms with E-state index in [1.165, 1.54) is 6.42 Å². The standard InChI is InChI=1S/C19H25NO3S/c1-3-23-18-12-13-19(16-10-6-5-9-15(16)18)24(21,22)20-17-11-7-4-8-14(17)2/h5-6,9-10,12-14,17,20H,3-4,7-8,11H2,1-2H3/t14-,17-/m0/s1. The lowest BCUT2D eigenvalue weighted by atomic mass is 9.87. The Labute approximate surface area is 144 Å². The molecule has 1 saturated carbocycles. The van der Waals surface area contributed by atoms with Gasteiger partial charge in [0, 0.05) is 16.8 Å². The molecule has 0 saturated heterocycles. The average Bonchev–Trinajstić information content (AvgIpc) is 2.57. The molecule has 1 fully saturated rings. The summed E-state index contributed by atoms with van der Waals surface area (Å²) >= 11 is 0. The van der Waals surface area contributed by atoms with Gasteiger partial charge in [-0.25, -0.2) is 13.1 Å². The Balaban J connectivity index is 2.00. The van der Waals surface area contributed by atoms with Crippen LogP contribution in [0.5, 0.6) is 5.75 Å². The third kappa shape index (κ3) is 3.42. The first-order valence-electron chi connectivity index (χ1n) is 8.70. The first kappa shape index (κ1) is 17.2. The van der Waals surface area contributed by atoms with Crippen molar-refractivity contribution in [1.29, 1.82) is 0 Å². The SMILES string of the molecule is CCOc1ccc(S(=O)(=O)N[C@H]2CCCC[C@@H]2C)c2ccccc12. The van der Waals surface area contributed by atoms with Crippen molar-refractivity contribution in [2.45, 2.75) is 50.5 Å². The van der Waals surface area contributed by atoms with Gasteiger partial charge in [-0.05, 0) is 37.8 Å². The normalized spacial score (nSPS) is 21.8. The Morgan fingerprint density at radius 3 is 2.50 bits per heavy atom. The molecule has 2 atom stereocenters. The molecule has 0 heterocycles. The number of nitrogens with one attached hydrogen (secondary N) is 1. The molecule has 5 heteroatoms. The van der Waals surface area contributed by atoms with E-state index in [9.17, 15) is 8.42 Å². The van der Waals surface area contributed by atoms with Gasteiger partial charge in [0.25, 0.3) is 0 Å². The summed E-state index contributed by atoms with van der Waals surface area (Å²) in [6.07, 6.45) is 4.26. The molecular formula is C19H25NO3S. The highest BCUT2D eigenvalue weighted by Crippen LogP contribution is 2.32. The van der Waals surface area contributed by atoms with Gasteiger partial charge in [-0.15, -0.1) is 0 Å². The highest BCUT2D eigenvalue weighted by atomic mass is 32.2. The maximum atomic E-state index is 13.0. The van der Waals surface area contributed by atoms with Crippen LogP contribution in [0.15, 0.2) is 41.3 Å². The first-order chi connectivity index (χ1) is 11.5. The molecule has 4 nitrogen and oxygen atoms in total. The van der Waals surface area contributed by atoms with Crippen LogP contribution in [0.2, 0.25) is 0 Å². The predicted molar refractivity (Wildman–Crippen MR) is 96.9 cm³/mol. The Morgan fingerprint density at radius 1 is 1.08 bits per heavy atom. The zero-order valence-corrected chi connectivity index (χ0v) is 15.1. The van der Waals surface area contributed by atoms with E-state index in [1.54, 1.807) is 12.1 Å². The Kier molecular flexibility index (Phi) is 5.11. The summed E-state index contributed by atoms with van der Waals surface area (Å²) in [4.78, 5) is 0.333. The minimum absolute atomic E-state index is 0.0223. The Hall–Kier alpha value is -1.59. The molecule has 0 unspecified atom stereocenters. The van der Waals surface area contributed by atoms with E-state index < -0.39 is 10.0 Å². The number of sulfonamides is 1. The number of fused-ring (bicyclic) bond motifs is 1. The van der Waals surface area contributed by atoms with E-state index in [0.29, 0.717) is 22.8 Å². The van der Waals surface area contributed by atoms with Crippen molar-refractivity contribution in [3.05, 3.63) is 36.4 Å². The first-order valence-corrected chi connectivity index (χ1v) is 10.2. The summed E-state index contributed by atoms with van der Waals surface area (Å²) in [7, 11) is -3.56. The van der Waals surface area contributed by atoms with Gasteiger partial charge in [0.05, 0.1) is 11.5 Å². The lowest BCUT2D eigenvalue weighted by molar-refractivity contribution is 0.310. The van der Waals surface area contributed by atoms with E-state index in [-0.39, 0.29) is 6.04 Å².